The van der Waals surface area contributed by atoms with Crippen molar-refractivity contribution >= 4 is 11.6 Å². The summed E-state index contributed by atoms with van der Waals surface area (Å²) in [4.78, 5) is 30.3. The van der Waals surface area contributed by atoms with Crippen LogP contribution in [-0.4, -0.2) is 47.3 Å². The first-order valence-electron chi connectivity index (χ1n) is 15.4. The molecule has 1 saturated heterocycles. The number of nitrogens with zero attached hydrogens (tertiary/aromatic N) is 2. The SMILES string of the molecule is CC1(C)CC[C@]2(CN3CC(O)C3)CC[C@]3(C)[C@H](C(=O)C=C4[C@@]5(C)C=C(C#N)C(=O)C(C)(C)[C@@H]5CC[C@]43C)[C@@H]2C1. The van der Waals surface area contributed by atoms with Crippen LogP contribution in [-0.2, 0) is 9.59 Å². The predicted molar refractivity (Wildman–Crippen MR) is 151 cm³/mol. The summed E-state index contributed by atoms with van der Waals surface area (Å²) in [5.74, 6) is 0.634. The number of carbonyl (C=O) groups excluding carboxylic acids is 2. The Morgan fingerprint density at radius 2 is 1.67 bits per heavy atom. The zero-order valence-electron chi connectivity index (χ0n) is 25.2. The van der Waals surface area contributed by atoms with E-state index in [1.165, 1.54) is 12.0 Å². The number of hydrogen-bond donors (Lipinski definition) is 1. The maximum Gasteiger partial charge on any atom is 0.178 e. The highest BCUT2D eigenvalue weighted by Crippen LogP contribution is 2.74. The Balaban J connectivity index is 1.47. The number of aliphatic hydroxyl groups excluding tert-OH is 1. The molecule has 4 fully saturated rings. The normalized spacial score (nSPS) is 46.9. The number of β-amino-alcohol motifs (C(OH)–C–C–N with tert-alkyl or cyclic N) is 1. The summed E-state index contributed by atoms with van der Waals surface area (Å²) < 4.78 is 0. The summed E-state index contributed by atoms with van der Waals surface area (Å²) in [7, 11) is 0. The predicted octanol–water partition coefficient (Wildman–Crippen LogP) is 5.88. The number of hydrogen-bond acceptors (Lipinski definition) is 5. The molecule has 0 amide bonds. The van der Waals surface area contributed by atoms with Crippen molar-refractivity contribution in [1.29, 1.82) is 5.26 Å². The maximum atomic E-state index is 14.6. The van der Waals surface area contributed by atoms with Crippen molar-refractivity contribution < 1.29 is 14.7 Å². The number of Topliss-reactive ketones (excluding diaryl/α,β-unsaturated/α-hetero) is 1. The molecule has 0 aromatic rings. The van der Waals surface area contributed by atoms with Crippen LogP contribution in [0.3, 0.4) is 0 Å². The fourth-order valence-electron chi connectivity index (χ4n) is 11.1. The van der Waals surface area contributed by atoms with E-state index in [9.17, 15) is 20.0 Å². The van der Waals surface area contributed by atoms with Crippen molar-refractivity contribution in [2.45, 2.75) is 99.5 Å². The molecule has 6 rings (SSSR count). The van der Waals surface area contributed by atoms with Gasteiger partial charge in [-0.3, -0.25) is 14.5 Å². The van der Waals surface area contributed by atoms with Crippen LogP contribution < -0.4 is 0 Å². The van der Waals surface area contributed by atoms with E-state index in [2.05, 4.69) is 45.6 Å². The first-order chi connectivity index (χ1) is 18.0. The Morgan fingerprint density at radius 3 is 2.31 bits per heavy atom. The van der Waals surface area contributed by atoms with E-state index in [1.54, 1.807) is 0 Å². The van der Waals surface area contributed by atoms with Crippen molar-refractivity contribution in [2.24, 2.45) is 50.2 Å². The van der Waals surface area contributed by atoms with Crippen LogP contribution in [0.15, 0.2) is 23.3 Å². The maximum absolute atomic E-state index is 14.6. The van der Waals surface area contributed by atoms with Crippen LogP contribution in [0.25, 0.3) is 0 Å². The van der Waals surface area contributed by atoms with Gasteiger partial charge in [0.1, 0.15) is 6.07 Å². The highest BCUT2D eigenvalue weighted by Gasteiger charge is 2.69. The molecule has 5 aliphatic carbocycles. The fraction of sp³-hybridized carbons (Fsp3) is 0.794. The summed E-state index contributed by atoms with van der Waals surface area (Å²) in [6.07, 6.45) is 11.3. The molecule has 3 saturated carbocycles. The molecule has 7 atom stereocenters. The minimum Gasteiger partial charge on any atom is -0.390 e. The molecule has 5 heteroatoms. The van der Waals surface area contributed by atoms with Gasteiger partial charge in [-0.1, -0.05) is 60.1 Å². The lowest BCUT2D eigenvalue weighted by Gasteiger charge is -2.69. The van der Waals surface area contributed by atoms with E-state index in [1.807, 2.05) is 26.0 Å². The van der Waals surface area contributed by atoms with Crippen LogP contribution in [0.1, 0.15) is 93.4 Å². The number of aliphatic hydroxyl groups is 1. The molecule has 5 nitrogen and oxygen atoms in total. The van der Waals surface area contributed by atoms with E-state index in [4.69, 9.17) is 0 Å². The number of likely N-dealkylation sites (tertiary alicyclic amines) is 1. The van der Waals surface area contributed by atoms with Crippen LogP contribution >= 0.6 is 0 Å². The molecule has 1 aliphatic heterocycles. The van der Waals surface area contributed by atoms with Gasteiger partial charge < -0.3 is 5.11 Å². The quantitative estimate of drug-likeness (QED) is 0.480. The lowest BCUT2D eigenvalue weighted by molar-refractivity contribution is -0.178. The second-order valence-corrected chi connectivity index (χ2v) is 16.5. The molecule has 1 N–H and O–H groups in total. The average Bonchev–Trinajstić information content (AvgIpc) is 2.82. The molecular formula is C34H48N2O3. The zero-order valence-corrected chi connectivity index (χ0v) is 25.2. The summed E-state index contributed by atoms with van der Waals surface area (Å²) >= 11 is 0. The lowest BCUT2D eigenvalue weighted by atomic mass is 9.34. The van der Waals surface area contributed by atoms with E-state index in [0.717, 1.165) is 58.2 Å². The lowest BCUT2D eigenvalue weighted by Crippen LogP contribution is -2.66. The average molecular weight is 533 g/mol. The van der Waals surface area contributed by atoms with Crippen LogP contribution in [0.2, 0.25) is 0 Å². The van der Waals surface area contributed by atoms with E-state index >= 15 is 0 Å². The molecule has 0 unspecified atom stereocenters. The molecule has 0 spiro atoms. The van der Waals surface area contributed by atoms with Gasteiger partial charge in [-0.05, 0) is 84.5 Å². The monoisotopic (exact) mass is 532 g/mol. The van der Waals surface area contributed by atoms with Crippen LogP contribution in [0.4, 0.5) is 0 Å². The number of carbonyl (C=O) groups is 2. The van der Waals surface area contributed by atoms with Gasteiger partial charge >= 0.3 is 0 Å². The minimum absolute atomic E-state index is 0.0106. The number of allylic oxidation sites excluding steroid dienone is 4. The molecule has 0 bridgehead atoms. The highest BCUT2D eigenvalue weighted by molar-refractivity contribution is 6.04. The van der Waals surface area contributed by atoms with Crippen molar-refractivity contribution in [3.63, 3.8) is 0 Å². The van der Waals surface area contributed by atoms with Gasteiger partial charge in [-0.15, -0.1) is 0 Å². The Bertz CT molecular complexity index is 1230. The third-order valence-electron chi connectivity index (χ3n) is 13.5. The largest absolute Gasteiger partial charge is 0.390 e. The summed E-state index contributed by atoms with van der Waals surface area (Å²) in [5.41, 5.74) is 0.352. The Labute approximate surface area is 235 Å². The Hall–Kier alpha value is -1.77. The Kier molecular flexibility index (Phi) is 5.73. The topological polar surface area (TPSA) is 81.4 Å². The summed E-state index contributed by atoms with van der Waals surface area (Å²) in [6, 6.07) is 2.21. The van der Waals surface area contributed by atoms with Gasteiger partial charge in [-0.25, -0.2) is 0 Å². The molecule has 0 aromatic heterocycles. The number of rotatable bonds is 2. The smallest absolute Gasteiger partial charge is 0.178 e. The van der Waals surface area contributed by atoms with Crippen LogP contribution in [0.5, 0.6) is 0 Å². The van der Waals surface area contributed by atoms with Crippen molar-refractivity contribution in [3.05, 3.63) is 23.3 Å². The van der Waals surface area contributed by atoms with E-state index < -0.39 is 10.8 Å². The summed E-state index contributed by atoms with van der Waals surface area (Å²) in [5, 5.41) is 19.9. The van der Waals surface area contributed by atoms with Crippen molar-refractivity contribution in [3.8, 4) is 6.07 Å². The van der Waals surface area contributed by atoms with Crippen LogP contribution in [0, 0.1) is 61.6 Å². The second kappa shape index (κ2) is 8.16. The molecule has 0 aromatic carbocycles. The van der Waals surface area contributed by atoms with Crippen molar-refractivity contribution in [1.82, 2.24) is 4.90 Å². The van der Waals surface area contributed by atoms with Gasteiger partial charge in [0.05, 0.1) is 11.7 Å². The van der Waals surface area contributed by atoms with Gasteiger partial charge in [-0.2, -0.15) is 5.26 Å². The van der Waals surface area contributed by atoms with Gasteiger partial charge in [0, 0.05) is 36.4 Å². The standard InChI is InChI=1S/C34H48N2O3/c1-29(2)10-12-34(20-36-18-22(37)19-36)13-11-33(7)27(23(34)16-29)24(38)14-26-31(5)15-21(17-35)28(39)30(3,4)25(31)8-9-32(26,33)6/h14-15,22-23,25,27,37H,8-13,16,18-20H2,1-7H3/t23-,25-,27-,31-,32+,33+,34+/m0/s1. The molecule has 39 heavy (non-hydrogen) atoms. The van der Waals surface area contributed by atoms with Gasteiger partial charge in [0.25, 0.3) is 0 Å². The molecule has 0 radical (unpaired) electrons. The third-order valence-corrected chi connectivity index (χ3v) is 13.5. The number of ketones is 2. The van der Waals surface area contributed by atoms with E-state index in [-0.39, 0.29) is 56.7 Å². The molecule has 212 valence electrons. The first-order valence-corrected chi connectivity index (χ1v) is 15.4. The summed E-state index contributed by atoms with van der Waals surface area (Å²) in [6.45, 7) is 18.3. The minimum atomic E-state index is -0.631. The molecule has 6 aliphatic rings. The molecule has 1 heterocycles. The third kappa shape index (κ3) is 3.49. The number of fused-ring (bicyclic) bond motifs is 7. The van der Waals surface area contributed by atoms with Gasteiger partial charge in [0.2, 0.25) is 0 Å². The van der Waals surface area contributed by atoms with Gasteiger partial charge in [0.15, 0.2) is 11.6 Å². The highest BCUT2D eigenvalue weighted by atomic mass is 16.3. The zero-order chi connectivity index (χ0) is 28.4. The first kappa shape index (κ1) is 27.4. The fourth-order valence-corrected chi connectivity index (χ4v) is 11.1. The molecular weight excluding hydrogens is 484 g/mol. The van der Waals surface area contributed by atoms with Crippen molar-refractivity contribution in [2.75, 3.05) is 19.6 Å². The Morgan fingerprint density at radius 1 is 1.00 bits per heavy atom. The second-order valence-electron chi connectivity index (χ2n) is 16.5. The number of nitriles is 1. The van der Waals surface area contributed by atoms with E-state index in [0.29, 0.717) is 5.92 Å².